The van der Waals surface area contributed by atoms with E-state index in [2.05, 4.69) is 15.9 Å². The molecule has 23 heavy (non-hydrogen) atoms. The zero-order valence-corrected chi connectivity index (χ0v) is 13.7. The molecule has 0 heterocycles. The van der Waals surface area contributed by atoms with Crippen LogP contribution in [0.25, 0.3) is 0 Å². The Bertz CT molecular complexity index is 816. The normalized spacial score (nSPS) is 12.0. The molecule has 122 valence electrons. The van der Waals surface area contributed by atoms with Crippen molar-refractivity contribution in [2.24, 2.45) is 0 Å². The fourth-order valence-electron chi connectivity index (χ4n) is 1.66. The fraction of sp³-hybridized carbons (Fsp3) is 0.0714. The SMILES string of the molecule is O=C(NS(=O)(=O)c1ccc(Br)cc1)c1ccc(C(F)(F)F)cc1. The lowest BCUT2D eigenvalue weighted by Gasteiger charge is -2.09. The molecule has 0 spiro atoms. The van der Waals surface area contributed by atoms with E-state index in [0.717, 1.165) is 12.1 Å². The highest BCUT2D eigenvalue weighted by atomic mass is 79.9. The number of carbonyl (C=O) groups is 1. The minimum Gasteiger partial charge on any atom is -0.268 e. The number of halogens is 4. The third-order valence-corrected chi connectivity index (χ3v) is 4.70. The zero-order valence-electron chi connectivity index (χ0n) is 11.3. The molecule has 0 fully saturated rings. The Morgan fingerprint density at radius 3 is 1.96 bits per heavy atom. The van der Waals surface area contributed by atoms with Gasteiger partial charge in [-0.2, -0.15) is 13.2 Å². The maximum atomic E-state index is 12.4. The van der Waals surface area contributed by atoms with Crippen molar-refractivity contribution in [3.63, 3.8) is 0 Å². The average Bonchev–Trinajstić information content (AvgIpc) is 2.46. The number of amides is 1. The van der Waals surface area contributed by atoms with Gasteiger partial charge in [0.15, 0.2) is 0 Å². The highest BCUT2D eigenvalue weighted by Gasteiger charge is 2.30. The van der Waals surface area contributed by atoms with Crippen LogP contribution in [0, 0.1) is 0 Å². The van der Waals surface area contributed by atoms with Crippen molar-refractivity contribution in [3.8, 4) is 0 Å². The van der Waals surface area contributed by atoms with Crippen LogP contribution in [0.3, 0.4) is 0 Å². The monoisotopic (exact) mass is 407 g/mol. The number of hydrogen-bond donors (Lipinski definition) is 1. The Hall–Kier alpha value is -1.87. The quantitative estimate of drug-likeness (QED) is 0.845. The van der Waals surface area contributed by atoms with Crippen LogP contribution in [0.5, 0.6) is 0 Å². The van der Waals surface area contributed by atoms with Gasteiger partial charge in [-0.1, -0.05) is 15.9 Å². The van der Waals surface area contributed by atoms with Crippen molar-refractivity contribution in [1.82, 2.24) is 4.72 Å². The van der Waals surface area contributed by atoms with Crippen LogP contribution in [-0.4, -0.2) is 14.3 Å². The maximum absolute atomic E-state index is 12.4. The van der Waals surface area contributed by atoms with Crippen LogP contribution in [0.15, 0.2) is 57.9 Å². The summed E-state index contributed by atoms with van der Waals surface area (Å²) in [6.07, 6.45) is -4.53. The van der Waals surface area contributed by atoms with Gasteiger partial charge in [-0.15, -0.1) is 0 Å². The molecule has 0 aliphatic heterocycles. The van der Waals surface area contributed by atoms with E-state index in [9.17, 15) is 26.4 Å². The first-order valence-corrected chi connectivity index (χ1v) is 8.37. The number of benzene rings is 2. The van der Waals surface area contributed by atoms with Crippen LogP contribution in [0.1, 0.15) is 15.9 Å². The molecule has 0 saturated carbocycles. The van der Waals surface area contributed by atoms with Crippen LogP contribution in [-0.2, 0) is 16.2 Å². The zero-order chi connectivity index (χ0) is 17.3. The number of alkyl halides is 3. The highest BCUT2D eigenvalue weighted by molar-refractivity contribution is 9.10. The molecule has 0 unspecified atom stereocenters. The van der Waals surface area contributed by atoms with Crippen molar-refractivity contribution in [2.45, 2.75) is 11.1 Å². The van der Waals surface area contributed by atoms with E-state index >= 15 is 0 Å². The number of nitrogens with one attached hydrogen (secondary N) is 1. The molecule has 0 aliphatic rings. The molecular formula is C14H9BrF3NO3S. The predicted molar refractivity (Wildman–Crippen MR) is 80.2 cm³/mol. The van der Waals surface area contributed by atoms with Gasteiger partial charge in [-0.25, -0.2) is 13.1 Å². The molecule has 0 bridgehead atoms. The average molecular weight is 408 g/mol. The van der Waals surface area contributed by atoms with Gasteiger partial charge in [0, 0.05) is 10.0 Å². The van der Waals surface area contributed by atoms with Crippen molar-refractivity contribution in [1.29, 1.82) is 0 Å². The van der Waals surface area contributed by atoms with Gasteiger partial charge in [-0.3, -0.25) is 4.79 Å². The Morgan fingerprint density at radius 1 is 0.957 bits per heavy atom. The largest absolute Gasteiger partial charge is 0.416 e. The number of sulfonamides is 1. The molecule has 0 aliphatic carbocycles. The van der Waals surface area contributed by atoms with Crippen molar-refractivity contribution in [2.75, 3.05) is 0 Å². The Labute approximate surface area is 138 Å². The third kappa shape index (κ3) is 4.32. The summed E-state index contributed by atoms with van der Waals surface area (Å²) in [6.45, 7) is 0. The summed E-state index contributed by atoms with van der Waals surface area (Å²) in [5.74, 6) is -1.01. The van der Waals surface area contributed by atoms with E-state index in [-0.39, 0.29) is 10.5 Å². The maximum Gasteiger partial charge on any atom is 0.416 e. The molecule has 0 radical (unpaired) electrons. The minimum absolute atomic E-state index is 0.138. The molecule has 2 rings (SSSR count). The van der Waals surface area contributed by atoms with E-state index in [0.29, 0.717) is 16.6 Å². The summed E-state index contributed by atoms with van der Waals surface area (Å²) in [6, 6.07) is 8.78. The molecule has 0 atom stereocenters. The molecular weight excluding hydrogens is 399 g/mol. The van der Waals surface area contributed by atoms with Gasteiger partial charge in [0.2, 0.25) is 0 Å². The lowest BCUT2D eigenvalue weighted by atomic mass is 10.1. The highest BCUT2D eigenvalue weighted by Crippen LogP contribution is 2.29. The van der Waals surface area contributed by atoms with Crippen molar-refractivity contribution < 1.29 is 26.4 Å². The molecule has 2 aromatic carbocycles. The lowest BCUT2D eigenvalue weighted by molar-refractivity contribution is -0.137. The Morgan fingerprint density at radius 2 is 1.48 bits per heavy atom. The number of hydrogen-bond acceptors (Lipinski definition) is 3. The molecule has 0 saturated heterocycles. The van der Waals surface area contributed by atoms with Crippen molar-refractivity contribution in [3.05, 3.63) is 64.1 Å². The standard InChI is InChI=1S/C14H9BrF3NO3S/c15-11-5-7-12(8-6-11)23(21,22)19-13(20)9-1-3-10(4-2-9)14(16,17)18/h1-8H,(H,19,20). The smallest absolute Gasteiger partial charge is 0.268 e. The molecule has 2 aromatic rings. The van der Waals surface area contributed by atoms with E-state index in [1.807, 2.05) is 0 Å². The summed E-state index contributed by atoms with van der Waals surface area (Å²) >= 11 is 3.15. The second kappa shape index (κ2) is 6.32. The summed E-state index contributed by atoms with van der Waals surface area (Å²) in [4.78, 5) is 11.7. The molecule has 4 nitrogen and oxygen atoms in total. The number of rotatable bonds is 3. The summed E-state index contributed by atoms with van der Waals surface area (Å²) in [5.41, 5.74) is -1.12. The van der Waals surface area contributed by atoms with Crippen molar-refractivity contribution >= 4 is 31.9 Å². The Kier molecular flexibility index (Phi) is 4.81. The number of carbonyl (C=O) groups excluding carboxylic acids is 1. The van der Waals surface area contributed by atoms with Crippen LogP contribution in [0.4, 0.5) is 13.2 Å². The molecule has 1 N–H and O–H groups in total. The van der Waals surface area contributed by atoms with Gasteiger partial charge < -0.3 is 0 Å². The third-order valence-electron chi connectivity index (χ3n) is 2.83. The van der Waals surface area contributed by atoms with Gasteiger partial charge in [0.1, 0.15) is 0 Å². The van der Waals surface area contributed by atoms with E-state index in [4.69, 9.17) is 0 Å². The Balaban J connectivity index is 2.19. The first kappa shape index (κ1) is 17.5. The molecule has 9 heteroatoms. The predicted octanol–water partition coefficient (Wildman–Crippen LogP) is 3.59. The van der Waals surface area contributed by atoms with Gasteiger partial charge in [0.25, 0.3) is 15.9 Å². The second-order valence-corrected chi connectivity index (χ2v) is 7.06. The van der Waals surface area contributed by atoms with E-state index in [1.165, 1.54) is 24.3 Å². The lowest BCUT2D eigenvalue weighted by Crippen LogP contribution is -2.30. The first-order valence-electron chi connectivity index (χ1n) is 6.09. The topological polar surface area (TPSA) is 63.2 Å². The summed E-state index contributed by atoms with van der Waals surface area (Å²) < 4.78 is 63.8. The first-order chi connectivity index (χ1) is 10.6. The summed E-state index contributed by atoms with van der Waals surface area (Å²) in [5, 5.41) is 0. The minimum atomic E-state index is -4.53. The van der Waals surface area contributed by atoms with Gasteiger partial charge >= 0.3 is 6.18 Å². The molecule has 1 amide bonds. The van der Waals surface area contributed by atoms with Crippen LogP contribution < -0.4 is 4.72 Å². The second-order valence-electron chi connectivity index (χ2n) is 4.46. The van der Waals surface area contributed by atoms with Crippen LogP contribution in [0.2, 0.25) is 0 Å². The fourth-order valence-corrected chi connectivity index (χ4v) is 2.90. The van der Waals surface area contributed by atoms with Gasteiger partial charge in [-0.05, 0) is 48.5 Å². The van der Waals surface area contributed by atoms with E-state index in [1.54, 1.807) is 4.72 Å². The van der Waals surface area contributed by atoms with E-state index < -0.39 is 27.7 Å². The van der Waals surface area contributed by atoms with Crippen LogP contribution >= 0.6 is 15.9 Å². The van der Waals surface area contributed by atoms with Gasteiger partial charge in [0.05, 0.1) is 10.5 Å². The summed E-state index contributed by atoms with van der Waals surface area (Å²) in [7, 11) is -4.11. The molecule has 0 aromatic heterocycles.